The van der Waals surface area contributed by atoms with Crippen LogP contribution in [0.15, 0.2) is 48.5 Å². The molecule has 2 N–H and O–H groups in total. The molecule has 0 heterocycles. The van der Waals surface area contributed by atoms with E-state index in [0.717, 1.165) is 12.1 Å². The minimum atomic E-state index is -6.00. The molecule has 27 heavy (non-hydrogen) atoms. The Hall–Kier alpha value is -2.46. The molecule has 0 unspecified atom stereocenters. The maximum absolute atomic E-state index is 12.8. The number of carbonyl (C=O) groups excluding carboxylic acids is 1. The summed E-state index contributed by atoms with van der Waals surface area (Å²) in [6, 6.07) is 8.22. The fraction of sp³-hybridized carbons (Fsp3) is 0.188. The van der Waals surface area contributed by atoms with Crippen LogP contribution >= 0.6 is 11.6 Å². The highest BCUT2D eigenvalue weighted by atomic mass is 35.5. The van der Waals surface area contributed by atoms with Gasteiger partial charge in [-0.05, 0) is 24.3 Å². The van der Waals surface area contributed by atoms with Gasteiger partial charge in [0.05, 0.1) is 5.02 Å². The molecule has 0 atom stereocenters. The summed E-state index contributed by atoms with van der Waals surface area (Å²) in [7, 11) is 0. The van der Waals surface area contributed by atoms with E-state index in [1.165, 1.54) is 18.2 Å². The molecule has 2 aromatic rings. The van der Waals surface area contributed by atoms with Crippen molar-refractivity contribution in [3.8, 4) is 5.75 Å². The maximum atomic E-state index is 12.8. The van der Waals surface area contributed by atoms with Gasteiger partial charge in [-0.25, -0.2) is 4.79 Å². The molecule has 0 bridgehead atoms. The van der Waals surface area contributed by atoms with Crippen LogP contribution in [0.4, 0.5) is 36.8 Å². The first kappa shape index (κ1) is 20.8. The SMILES string of the molecule is O=C(Nc1ccc(C(O)(C(F)(F)F)C(F)(F)F)cc1)Oc1ccccc1Cl. The van der Waals surface area contributed by atoms with Gasteiger partial charge < -0.3 is 9.84 Å². The Balaban J connectivity index is 2.19. The summed E-state index contributed by atoms with van der Waals surface area (Å²) in [6.07, 6.45) is -13.1. The van der Waals surface area contributed by atoms with Gasteiger partial charge in [0.25, 0.3) is 5.60 Å². The van der Waals surface area contributed by atoms with Gasteiger partial charge in [-0.3, -0.25) is 5.32 Å². The largest absolute Gasteiger partial charge is 0.430 e. The summed E-state index contributed by atoms with van der Waals surface area (Å²) < 4.78 is 81.7. The van der Waals surface area contributed by atoms with E-state index in [2.05, 4.69) is 5.32 Å². The lowest BCUT2D eigenvalue weighted by Gasteiger charge is -2.32. The molecule has 0 aliphatic heterocycles. The highest BCUT2D eigenvalue weighted by molar-refractivity contribution is 6.32. The Labute approximate surface area is 153 Å². The van der Waals surface area contributed by atoms with Crippen LogP contribution in [-0.4, -0.2) is 23.6 Å². The first-order valence-corrected chi connectivity index (χ1v) is 7.44. The van der Waals surface area contributed by atoms with Gasteiger partial charge in [0, 0.05) is 11.3 Å². The highest BCUT2D eigenvalue weighted by Gasteiger charge is 2.71. The van der Waals surface area contributed by atoms with Gasteiger partial charge in [-0.15, -0.1) is 0 Å². The van der Waals surface area contributed by atoms with Crippen LogP contribution in [0.25, 0.3) is 0 Å². The molecule has 0 spiro atoms. The molecule has 146 valence electrons. The summed E-state index contributed by atoms with van der Waals surface area (Å²) in [5.74, 6) is -0.00296. The number of hydrogen-bond donors (Lipinski definition) is 2. The van der Waals surface area contributed by atoms with E-state index in [4.69, 9.17) is 16.3 Å². The smallest absolute Gasteiger partial charge is 0.409 e. The number of alkyl halides is 6. The number of anilines is 1. The van der Waals surface area contributed by atoms with Crippen LogP contribution in [0.2, 0.25) is 5.02 Å². The average Bonchev–Trinajstić information content (AvgIpc) is 2.55. The van der Waals surface area contributed by atoms with Crippen LogP contribution in [0.1, 0.15) is 5.56 Å². The average molecular weight is 414 g/mol. The van der Waals surface area contributed by atoms with Crippen LogP contribution in [0.3, 0.4) is 0 Å². The fourth-order valence-corrected chi connectivity index (χ4v) is 2.23. The number of aliphatic hydroxyl groups is 1. The molecule has 2 rings (SSSR count). The second kappa shape index (κ2) is 7.28. The topological polar surface area (TPSA) is 58.6 Å². The number of benzene rings is 2. The predicted molar refractivity (Wildman–Crippen MR) is 83.5 cm³/mol. The molecular formula is C16H10ClF6NO3. The van der Waals surface area contributed by atoms with E-state index < -0.39 is 29.6 Å². The van der Waals surface area contributed by atoms with E-state index in [0.29, 0.717) is 12.1 Å². The van der Waals surface area contributed by atoms with Crippen molar-refractivity contribution in [1.29, 1.82) is 0 Å². The third kappa shape index (κ3) is 4.28. The van der Waals surface area contributed by atoms with Crippen molar-refractivity contribution in [2.45, 2.75) is 18.0 Å². The second-order valence-electron chi connectivity index (χ2n) is 5.23. The van der Waals surface area contributed by atoms with E-state index in [1.807, 2.05) is 0 Å². The van der Waals surface area contributed by atoms with Gasteiger partial charge in [-0.2, -0.15) is 26.3 Å². The second-order valence-corrected chi connectivity index (χ2v) is 5.64. The van der Waals surface area contributed by atoms with Gasteiger partial charge in [-0.1, -0.05) is 35.9 Å². The van der Waals surface area contributed by atoms with Crippen molar-refractivity contribution >= 4 is 23.4 Å². The number of ether oxygens (including phenoxy) is 1. The zero-order valence-electron chi connectivity index (χ0n) is 13.0. The quantitative estimate of drug-likeness (QED) is 0.675. The van der Waals surface area contributed by atoms with Crippen LogP contribution in [0.5, 0.6) is 5.75 Å². The normalized spacial score (nSPS) is 12.6. The van der Waals surface area contributed by atoms with Crippen molar-refractivity contribution in [2.24, 2.45) is 0 Å². The molecule has 2 aromatic carbocycles. The summed E-state index contributed by atoms with van der Waals surface area (Å²) in [5.41, 5.74) is -6.66. The maximum Gasteiger partial charge on any atom is 0.430 e. The molecule has 4 nitrogen and oxygen atoms in total. The number of rotatable bonds is 3. The Morgan fingerprint density at radius 3 is 1.93 bits per heavy atom. The molecule has 0 saturated heterocycles. The number of carbonyl (C=O) groups is 1. The summed E-state index contributed by atoms with van der Waals surface area (Å²) in [5, 5.41) is 11.5. The zero-order chi connectivity index (χ0) is 20.5. The summed E-state index contributed by atoms with van der Waals surface area (Å²) in [6.45, 7) is 0. The molecule has 11 heteroatoms. The molecule has 0 aromatic heterocycles. The lowest BCUT2D eigenvalue weighted by Crippen LogP contribution is -2.53. The molecule has 1 amide bonds. The summed E-state index contributed by atoms with van der Waals surface area (Å²) in [4.78, 5) is 11.7. The first-order valence-electron chi connectivity index (χ1n) is 7.06. The van der Waals surface area contributed by atoms with Gasteiger partial charge in [0.2, 0.25) is 0 Å². The standard InChI is InChI=1S/C16H10ClF6NO3/c17-11-3-1-2-4-12(11)27-13(25)24-10-7-5-9(6-8-10)14(26,15(18,19)20)16(21,22)23/h1-8,26H,(H,24,25). The Morgan fingerprint density at radius 1 is 0.926 bits per heavy atom. The number of hydrogen-bond acceptors (Lipinski definition) is 3. The zero-order valence-corrected chi connectivity index (χ0v) is 13.8. The summed E-state index contributed by atoms with van der Waals surface area (Å²) >= 11 is 5.78. The van der Waals surface area contributed by atoms with Crippen LogP contribution in [0, 0.1) is 0 Å². The van der Waals surface area contributed by atoms with Gasteiger partial charge in [0.1, 0.15) is 0 Å². The Morgan fingerprint density at radius 2 is 1.44 bits per heavy atom. The first-order chi connectivity index (χ1) is 12.4. The number of halogens is 7. The number of para-hydroxylation sites is 1. The number of amides is 1. The van der Waals surface area contributed by atoms with Crippen LogP contribution in [-0.2, 0) is 5.60 Å². The molecule has 0 aliphatic rings. The molecule has 0 saturated carbocycles. The van der Waals surface area contributed by atoms with Crippen LogP contribution < -0.4 is 10.1 Å². The van der Waals surface area contributed by atoms with Crippen molar-refractivity contribution in [2.75, 3.05) is 5.32 Å². The van der Waals surface area contributed by atoms with Crippen molar-refractivity contribution in [1.82, 2.24) is 0 Å². The third-order valence-electron chi connectivity index (χ3n) is 3.41. The highest BCUT2D eigenvalue weighted by Crippen LogP contribution is 2.50. The third-order valence-corrected chi connectivity index (χ3v) is 3.72. The molecular weight excluding hydrogens is 404 g/mol. The van der Waals surface area contributed by atoms with Gasteiger partial charge in [0.15, 0.2) is 5.75 Å². The lowest BCUT2D eigenvalue weighted by molar-refractivity contribution is -0.376. The van der Waals surface area contributed by atoms with Crippen molar-refractivity contribution < 1.29 is 41.0 Å². The van der Waals surface area contributed by atoms with Gasteiger partial charge >= 0.3 is 18.4 Å². The predicted octanol–water partition coefficient (Wildman–Crippen LogP) is 5.26. The molecule has 0 aliphatic carbocycles. The van der Waals surface area contributed by atoms with E-state index >= 15 is 0 Å². The van der Waals surface area contributed by atoms with Crippen molar-refractivity contribution in [3.63, 3.8) is 0 Å². The fourth-order valence-electron chi connectivity index (χ4n) is 2.05. The van der Waals surface area contributed by atoms with Crippen molar-refractivity contribution in [3.05, 3.63) is 59.1 Å². The molecule has 0 fully saturated rings. The lowest BCUT2D eigenvalue weighted by atomic mass is 9.92. The minimum absolute atomic E-state index is 0.00296. The van der Waals surface area contributed by atoms with E-state index in [-0.39, 0.29) is 16.5 Å². The monoisotopic (exact) mass is 413 g/mol. The van der Waals surface area contributed by atoms with E-state index in [1.54, 1.807) is 6.07 Å². The number of nitrogens with one attached hydrogen (secondary N) is 1. The Kier molecular flexibility index (Phi) is 5.62. The Bertz CT molecular complexity index is 806. The molecule has 0 radical (unpaired) electrons. The van der Waals surface area contributed by atoms with E-state index in [9.17, 15) is 36.2 Å². The minimum Gasteiger partial charge on any atom is -0.409 e.